The molecule has 0 atom stereocenters. The van der Waals surface area contributed by atoms with Gasteiger partial charge in [0.05, 0.1) is 5.69 Å². The molecule has 0 aromatic heterocycles. The molecule has 1 N–H and O–H groups in total. The fourth-order valence-corrected chi connectivity index (χ4v) is 2.27. The van der Waals surface area contributed by atoms with Crippen LogP contribution in [-0.2, 0) is 4.74 Å². The summed E-state index contributed by atoms with van der Waals surface area (Å²) in [5.74, 6) is 0. The van der Waals surface area contributed by atoms with Gasteiger partial charge in [-0.1, -0.05) is 31.0 Å². The van der Waals surface area contributed by atoms with Crippen LogP contribution >= 0.6 is 12.8 Å². The Morgan fingerprint density at radius 1 is 1.35 bits per heavy atom. The number of ether oxygens (including phenoxy) is 1. The molecule has 1 aliphatic heterocycles. The zero-order chi connectivity index (χ0) is 14.8. The molecule has 0 radical (unpaired) electrons. The van der Waals surface area contributed by atoms with Crippen LogP contribution in [0.1, 0.15) is 32.8 Å². The molecule has 4 nitrogen and oxygen atoms in total. The van der Waals surface area contributed by atoms with E-state index in [0.29, 0.717) is 6.42 Å². The maximum atomic E-state index is 11.8. The van der Waals surface area contributed by atoms with E-state index in [9.17, 15) is 4.79 Å². The summed E-state index contributed by atoms with van der Waals surface area (Å²) >= 11 is 4.47. The van der Waals surface area contributed by atoms with Crippen LogP contribution in [0.2, 0.25) is 0 Å². The van der Waals surface area contributed by atoms with E-state index in [2.05, 4.69) is 18.1 Å². The van der Waals surface area contributed by atoms with Crippen molar-refractivity contribution in [3.63, 3.8) is 0 Å². The summed E-state index contributed by atoms with van der Waals surface area (Å²) in [5, 5.41) is 2.82. The van der Waals surface area contributed by atoms with Gasteiger partial charge in [0.25, 0.3) is 0 Å². The van der Waals surface area contributed by atoms with E-state index in [4.69, 9.17) is 4.74 Å². The number of para-hydroxylation sites is 1. The molecule has 108 valence electrons. The fourth-order valence-electron chi connectivity index (χ4n) is 1.98. The first kappa shape index (κ1) is 14.8. The molecule has 1 amide bonds. The Morgan fingerprint density at radius 3 is 2.75 bits per heavy atom. The second-order valence-electron chi connectivity index (χ2n) is 5.73. The number of alkyl carbamates (subject to hydrolysis) is 1. The van der Waals surface area contributed by atoms with Gasteiger partial charge in [0.2, 0.25) is 0 Å². The fraction of sp³-hybridized carbons (Fsp3) is 0.400. The van der Waals surface area contributed by atoms with Crippen LogP contribution in [-0.4, -0.2) is 18.2 Å². The highest BCUT2D eigenvalue weighted by Crippen LogP contribution is 2.28. The highest BCUT2D eigenvalue weighted by Gasteiger charge is 2.19. The lowest BCUT2D eigenvalue weighted by molar-refractivity contribution is 0.0545. The molecular formula is C15H20N2O2S. The number of benzene rings is 1. The van der Waals surface area contributed by atoms with Crippen LogP contribution in [0.25, 0.3) is 6.08 Å². The van der Waals surface area contributed by atoms with Crippen molar-refractivity contribution in [1.82, 2.24) is 5.32 Å². The quantitative estimate of drug-likeness (QED) is 0.777. The first-order valence-electron chi connectivity index (χ1n) is 6.61. The van der Waals surface area contributed by atoms with Gasteiger partial charge in [0.1, 0.15) is 5.60 Å². The van der Waals surface area contributed by atoms with E-state index in [0.717, 1.165) is 23.5 Å². The monoisotopic (exact) mass is 292 g/mol. The number of thiol groups is 1. The number of fused-ring (bicyclic) bond motifs is 1. The van der Waals surface area contributed by atoms with E-state index >= 15 is 0 Å². The molecule has 2 rings (SSSR count). The van der Waals surface area contributed by atoms with E-state index in [-0.39, 0.29) is 0 Å². The van der Waals surface area contributed by atoms with Crippen molar-refractivity contribution >= 4 is 30.7 Å². The largest absolute Gasteiger partial charge is 0.444 e. The normalized spacial score (nSPS) is 15.0. The van der Waals surface area contributed by atoms with Crippen molar-refractivity contribution in [1.29, 1.82) is 0 Å². The number of hydrogen-bond donors (Lipinski definition) is 2. The summed E-state index contributed by atoms with van der Waals surface area (Å²) in [5.41, 5.74) is 2.41. The number of carbonyl (C=O) groups is 1. The lowest BCUT2D eigenvalue weighted by atomic mass is 10.1. The lowest BCUT2D eigenvalue weighted by Gasteiger charge is -2.20. The molecule has 5 heteroatoms. The molecule has 0 fully saturated rings. The number of anilines is 1. The number of rotatable bonds is 1. The Kier molecular flexibility index (Phi) is 4.28. The number of nitrogens with zero attached hydrogens (tertiary/aromatic N) is 1. The summed E-state index contributed by atoms with van der Waals surface area (Å²) in [6, 6.07) is 7.95. The molecule has 0 saturated heterocycles. The Bertz CT molecular complexity index is 535. The van der Waals surface area contributed by atoms with Crippen LogP contribution < -0.4 is 9.62 Å². The molecule has 1 aromatic rings. The molecule has 1 heterocycles. The van der Waals surface area contributed by atoms with Gasteiger partial charge in [0.15, 0.2) is 0 Å². The average Bonchev–Trinajstić information content (AvgIpc) is 2.47. The maximum absolute atomic E-state index is 11.8. The molecule has 1 aromatic carbocycles. The van der Waals surface area contributed by atoms with Crippen LogP contribution in [0.3, 0.4) is 0 Å². The number of carbonyl (C=O) groups excluding carboxylic acids is 1. The zero-order valence-corrected chi connectivity index (χ0v) is 12.9. The van der Waals surface area contributed by atoms with Gasteiger partial charge >= 0.3 is 6.09 Å². The highest BCUT2D eigenvalue weighted by molar-refractivity contribution is 7.81. The molecule has 0 saturated carbocycles. The van der Waals surface area contributed by atoms with Crippen molar-refractivity contribution < 1.29 is 9.53 Å². The zero-order valence-electron chi connectivity index (χ0n) is 12.0. The summed E-state index contributed by atoms with van der Waals surface area (Å²) in [7, 11) is 0. The molecule has 0 aliphatic carbocycles. The second kappa shape index (κ2) is 5.79. The Labute approximate surface area is 125 Å². The number of hydrogen-bond acceptors (Lipinski definition) is 4. The third kappa shape index (κ3) is 3.93. The average molecular weight is 292 g/mol. The van der Waals surface area contributed by atoms with Crippen LogP contribution in [0.4, 0.5) is 10.5 Å². The van der Waals surface area contributed by atoms with E-state index in [1.807, 2.05) is 55.4 Å². The van der Waals surface area contributed by atoms with Crippen molar-refractivity contribution in [3.8, 4) is 0 Å². The molecular weight excluding hydrogens is 272 g/mol. The van der Waals surface area contributed by atoms with Crippen LogP contribution in [0.15, 0.2) is 30.0 Å². The van der Waals surface area contributed by atoms with Crippen molar-refractivity contribution in [2.45, 2.75) is 32.8 Å². The highest BCUT2D eigenvalue weighted by atomic mass is 32.1. The van der Waals surface area contributed by atoms with Crippen molar-refractivity contribution in [2.24, 2.45) is 0 Å². The molecule has 0 unspecified atom stereocenters. The van der Waals surface area contributed by atoms with E-state index in [1.165, 1.54) is 0 Å². The Hall–Kier alpha value is -1.62. The molecule has 0 spiro atoms. The maximum Gasteiger partial charge on any atom is 0.411 e. The second-order valence-corrected chi connectivity index (χ2v) is 6.21. The van der Waals surface area contributed by atoms with Crippen LogP contribution in [0.5, 0.6) is 0 Å². The predicted molar refractivity (Wildman–Crippen MR) is 84.7 cm³/mol. The van der Waals surface area contributed by atoms with E-state index < -0.39 is 11.7 Å². The molecule has 20 heavy (non-hydrogen) atoms. The van der Waals surface area contributed by atoms with E-state index in [1.54, 1.807) is 0 Å². The van der Waals surface area contributed by atoms with Gasteiger partial charge in [-0.15, -0.1) is 0 Å². The van der Waals surface area contributed by atoms with Gasteiger partial charge in [-0.05, 0) is 32.9 Å². The topological polar surface area (TPSA) is 41.6 Å². The van der Waals surface area contributed by atoms with Gasteiger partial charge < -0.3 is 9.04 Å². The van der Waals surface area contributed by atoms with Gasteiger partial charge in [-0.25, -0.2) is 4.79 Å². The van der Waals surface area contributed by atoms with Crippen LogP contribution in [0, 0.1) is 0 Å². The van der Waals surface area contributed by atoms with Gasteiger partial charge in [-0.2, -0.15) is 0 Å². The van der Waals surface area contributed by atoms with Gasteiger partial charge in [0, 0.05) is 24.2 Å². The smallest absolute Gasteiger partial charge is 0.411 e. The summed E-state index contributed by atoms with van der Waals surface area (Å²) in [4.78, 5) is 11.8. The minimum absolute atomic E-state index is 0.422. The van der Waals surface area contributed by atoms with Crippen molar-refractivity contribution in [3.05, 3.63) is 35.5 Å². The predicted octanol–water partition coefficient (Wildman–Crippen LogP) is 3.61. The standard InChI is InChI=1S/C15H20N2O2S/c1-15(2,3)19-14(18)16-12-8-9-17(20)13-7-5-4-6-11(13)10-12/h4-7,10,20H,8-9H2,1-3H3,(H,16,18). The first-order chi connectivity index (χ1) is 9.35. The third-order valence-electron chi connectivity index (χ3n) is 2.80. The minimum Gasteiger partial charge on any atom is -0.444 e. The Balaban J connectivity index is 2.14. The Morgan fingerprint density at radius 2 is 2.05 bits per heavy atom. The SMILES string of the molecule is CC(C)(C)OC(=O)NC1=Cc2ccccc2N(S)CC1. The number of nitrogens with one attached hydrogen (secondary N) is 1. The third-order valence-corrected chi connectivity index (χ3v) is 3.21. The summed E-state index contributed by atoms with van der Waals surface area (Å²) in [6.07, 6.45) is 2.25. The minimum atomic E-state index is -0.497. The summed E-state index contributed by atoms with van der Waals surface area (Å²) < 4.78 is 7.16. The summed E-state index contributed by atoms with van der Waals surface area (Å²) in [6.45, 7) is 6.26. The molecule has 1 aliphatic rings. The number of amides is 1. The first-order valence-corrected chi connectivity index (χ1v) is 7.01. The van der Waals surface area contributed by atoms with Crippen molar-refractivity contribution in [2.75, 3.05) is 10.8 Å². The van der Waals surface area contributed by atoms with Gasteiger partial charge in [-0.3, -0.25) is 5.32 Å². The lowest BCUT2D eigenvalue weighted by Crippen LogP contribution is -2.32. The molecule has 0 bridgehead atoms.